The number of nitrogens with zero attached hydrogens (tertiary/aromatic N) is 3. The fourth-order valence-electron chi connectivity index (χ4n) is 4.11. The minimum atomic E-state index is -0.385. The number of rotatable bonds is 2. The van der Waals surface area contributed by atoms with Gasteiger partial charge >= 0.3 is 6.09 Å². The van der Waals surface area contributed by atoms with Gasteiger partial charge in [-0.1, -0.05) is 24.3 Å². The lowest BCUT2D eigenvalue weighted by molar-refractivity contribution is 0.177. The van der Waals surface area contributed by atoms with Crippen molar-refractivity contribution in [3.05, 3.63) is 71.7 Å². The van der Waals surface area contributed by atoms with Crippen LogP contribution < -0.4 is 4.90 Å². The fourth-order valence-corrected chi connectivity index (χ4v) is 4.11. The number of para-hydroxylation sites is 1. The van der Waals surface area contributed by atoms with E-state index in [4.69, 9.17) is 4.74 Å². The second-order valence-corrected chi connectivity index (χ2v) is 7.41. The smallest absolute Gasteiger partial charge is 0.414 e. The zero-order valence-corrected chi connectivity index (χ0v) is 15.3. The molecular weight excluding hydrogens is 357 g/mol. The van der Waals surface area contributed by atoms with Gasteiger partial charge in [-0.15, -0.1) is 0 Å². The Morgan fingerprint density at radius 2 is 2.07 bits per heavy atom. The lowest BCUT2D eigenvalue weighted by atomic mass is 10.0. The van der Waals surface area contributed by atoms with Crippen LogP contribution in [0.1, 0.15) is 17.5 Å². The predicted octanol–water partition coefficient (Wildman–Crippen LogP) is 4.11. The van der Waals surface area contributed by atoms with Crippen molar-refractivity contribution in [3.63, 3.8) is 0 Å². The van der Waals surface area contributed by atoms with Crippen molar-refractivity contribution in [2.45, 2.75) is 25.6 Å². The molecular formula is C22H20FN3O2. The number of aromatic nitrogens is 1. The number of ether oxygens (including phenoxy) is 1. The maximum absolute atomic E-state index is 13.9. The van der Waals surface area contributed by atoms with E-state index in [1.54, 1.807) is 11.0 Å². The van der Waals surface area contributed by atoms with Crippen LogP contribution in [0.2, 0.25) is 0 Å². The van der Waals surface area contributed by atoms with Crippen molar-refractivity contribution in [2.75, 3.05) is 18.1 Å². The standard InChI is InChI=1S/C22H20FN3O2/c23-18-6-5-17-13-25(8-7-19-14-28-22(27)26(19)21(17)10-18)12-15-9-16-3-1-2-4-20(16)24-11-15/h1-6,9-11,19H,7-8,12-14H2. The number of hydrogen-bond donors (Lipinski definition) is 0. The molecule has 28 heavy (non-hydrogen) atoms. The molecule has 0 radical (unpaired) electrons. The van der Waals surface area contributed by atoms with Crippen LogP contribution in [0.25, 0.3) is 10.9 Å². The third-order valence-electron chi connectivity index (χ3n) is 5.49. The van der Waals surface area contributed by atoms with Gasteiger partial charge in [0.1, 0.15) is 12.4 Å². The van der Waals surface area contributed by atoms with Crippen LogP contribution in [-0.2, 0) is 17.8 Å². The number of anilines is 1. The molecule has 0 aliphatic carbocycles. The van der Waals surface area contributed by atoms with Crippen LogP contribution in [0.3, 0.4) is 0 Å². The predicted molar refractivity (Wildman–Crippen MR) is 104 cm³/mol. The van der Waals surface area contributed by atoms with E-state index in [0.717, 1.165) is 41.5 Å². The number of cyclic esters (lactones) is 1. The summed E-state index contributed by atoms with van der Waals surface area (Å²) in [5.74, 6) is -0.344. The quantitative estimate of drug-likeness (QED) is 0.674. The number of hydrogen-bond acceptors (Lipinski definition) is 4. The van der Waals surface area contributed by atoms with Gasteiger partial charge in [0.15, 0.2) is 0 Å². The fraction of sp³-hybridized carbons (Fsp3) is 0.273. The zero-order valence-electron chi connectivity index (χ0n) is 15.3. The average molecular weight is 377 g/mol. The molecule has 5 rings (SSSR count). The number of fused-ring (bicyclic) bond motifs is 4. The molecule has 1 atom stereocenters. The SMILES string of the molecule is O=C1OCC2CCN(Cc3cnc4ccccc4c3)Cc3ccc(F)cc3N12. The lowest BCUT2D eigenvalue weighted by Crippen LogP contribution is -2.40. The molecule has 1 saturated heterocycles. The summed E-state index contributed by atoms with van der Waals surface area (Å²) in [5, 5.41) is 1.12. The van der Waals surface area contributed by atoms with Gasteiger partial charge in [-0.3, -0.25) is 14.8 Å². The van der Waals surface area contributed by atoms with E-state index in [2.05, 4.69) is 22.0 Å². The molecule has 1 fully saturated rings. The Balaban J connectivity index is 1.46. The van der Waals surface area contributed by atoms with Gasteiger partial charge in [0.2, 0.25) is 0 Å². The molecule has 0 spiro atoms. The minimum Gasteiger partial charge on any atom is -0.447 e. The molecule has 2 aliphatic heterocycles. The number of pyridine rings is 1. The van der Waals surface area contributed by atoms with Crippen LogP contribution in [0.5, 0.6) is 0 Å². The van der Waals surface area contributed by atoms with Crippen LogP contribution in [0, 0.1) is 5.82 Å². The lowest BCUT2D eigenvalue weighted by Gasteiger charge is -2.32. The molecule has 1 unspecified atom stereocenters. The van der Waals surface area contributed by atoms with E-state index in [1.807, 2.05) is 24.4 Å². The minimum absolute atomic E-state index is 0.0643. The largest absolute Gasteiger partial charge is 0.447 e. The Hall–Kier alpha value is -2.99. The molecule has 142 valence electrons. The summed E-state index contributed by atoms with van der Waals surface area (Å²) >= 11 is 0. The van der Waals surface area contributed by atoms with Gasteiger partial charge < -0.3 is 4.74 Å². The third kappa shape index (κ3) is 3.10. The number of carbonyl (C=O) groups excluding carboxylic acids is 1. The van der Waals surface area contributed by atoms with Crippen LogP contribution in [-0.4, -0.2) is 35.2 Å². The summed E-state index contributed by atoms with van der Waals surface area (Å²) in [6, 6.07) is 14.8. The summed E-state index contributed by atoms with van der Waals surface area (Å²) in [5.41, 5.74) is 3.67. The van der Waals surface area contributed by atoms with Gasteiger partial charge in [-0.25, -0.2) is 9.18 Å². The number of benzene rings is 2. The second kappa shape index (κ2) is 6.87. The monoisotopic (exact) mass is 377 g/mol. The molecule has 2 aromatic carbocycles. The highest BCUT2D eigenvalue weighted by Crippen LogP contribution is 2.32. The molecule has 3 heterocycles. The van der Waals surface area contributed by atoms with Crippen LogP contribution >= 0.6 is 0 Å². The molecule has 2 aliphatic rings. The first-order valence-electron chi connectivity index (χ1n) is 9.48. The molecule has 5 nitrogen and oxygen atoms in total. The topological polar surface area (TPSA) is 45.7 Å². The number of amides is 1. The van der Waals surface area contributed by atoms with Crippen molar-refractivity contribution in [3.8, 4) is 0 Å². The third-order valence-corrected chi connectivity index (χ3v) is 5.49. The summed E-state index contributed by atoms with van der Waals surface area (Å²) < 4.78 is 19.2. The summed E-state index contributed by atoms with van der Waals surface area (Å²) in [6.07, 6.45) is 2.31. The first-order valence-corrected chi connectivity index (χ1v) is 9.48. The zero-order chi connectivity index (χ0) is 19.1. The molecule has 0 N–H and O–H groups in total. The van der Waals surface area contributed by atoms with Gasteiger partial charge in [-0.2, -0.15) is 0 Å². The highest BCUT2D eigenvalue weighted by Gasteiger charge is 2.37. The number of carbonyl (C=O) groups is 1. The Morgan fingerprint density at radius 3 is 3.00 bits per heavy atom. The molecule has 1 amide bonds. The highest BCUT2D eigenvalue weighted by atomic mass is 19.1. The molecule has 6 heteroatoms. The molecule has 0 bridgehead atoms. The normalized spacial score (nSPS) is 19.7. The van der Waals surface area contributed by atoms with E-state index in [-0.39, 0.29) is 18.0 Å². The van der Waals surface area contributed by atoms with E-state index >= 15 is 0 Å². The van der Waals surface area contributed by atoms with Crippen LogP contribution in [0.4, 0.5) is 14.9 Å². The average Bonchev–Trinajstić information content (AvgIpc) is 3.06. The van der Waals surface area contributed by atoms with Gasteiger partial charge in [0.05, 0.1) is 17.2 Å². The van der Waals surface area contributed by atoms with E-state index < -0.39 is 0 Å². The highest BCUT2D eigenvalue weighted by molar-refractivity contribution is 5.91. The maximum Gasteiger partial charge on any atom is 0.414 e. The molecule has 1 aromatic heterocycles. The maximum atomic E-state index is 13.9. The summed E-state index contributed by atoms with van der Waals surface area (Å²) in [4.78, 5) is 20.7. The molecule has 3 aromatic rings. The van der Waals surface area contributed by atoms with Crippen molar-refractivity contribution in [1.82, 2.24) is 9.88 Å². The Morgan fingerprint density at radius 1 is 1.18 bits per heavy atom. The van der Waals surface area contributed by atoms with E-state index in [9.17, 15) is 9.18 Å². The Labute approximate surface area is 162 Å². The van der Waals surface area contributed by atoms with Crippen LogP contribution in [0.15, 0.2) is 54.7 Å². The summed E-state index contributed by atoms with van der Waals surface area (Å²) in [7, 11) is 0. The Bertz CT molecular complexity index is 1050. The molecule has 0 saturated carbocycles. The van der Waals surface area contributed by atoms with Crippen molar-refractivity contribution in [2.24, 2.45) is 0 Å². The first-order chi connectivity index (χ1) is 13.7. The van der Waals surface area contributed by atoms with Crippen molar-refractivity contribution >= 4 is 22.7 Å². The van der Waals surface area contributed by atoms with Crippen molar-refractivity contribution in [1.29, 1.82) is 0 Å². The van der Waals surface area contributed by atoms with Crippen molar-refractivity contribution < 1.29 is 13.9 Å². The summed E-state index contributed by atoms with van der Waals surface area (Å²) in [6.45, 7) is 2.55. The van der Waals surface area contributed by atoms with Gasteiger partial charge in [0, 0.05) is 31.2 Å². The van der Waals surface area contributed by atoms with Gasteiger partial charge in [0.25, 0.3) is 0 Å². The second-order valence-electron chi connectivity index (χ2n) is 7.41. The Kier molecular flexibility index (Phi) is 4.20. The van der Waals surface area contributed by atoms with E-state index in [1.165, 1.54) is 12.1 Å². The first kappa shape index (κ1) is 17.1. The van der Waals surface area contributed by atoms with E-state index in [0.29, 0.717) is 18.8 Å². The number of halogens is 1. The van der Waals surface area contributed by atoms with Gasteiger partial charge in [-0.05, 0) is 41.8 Å².